The Labute approximate surface area is 148 Å². The standard InChI is InChI=1S/C20H26N2O3/c1-2-25-17-7-5-16(6-8-17)22-12-15(11-19(22)23)20(24)21-18-10-13-3-4-14(18)9-13/h5-8,13-15,18H,2-4,9-12H2,1H3,(H,21,24)/t13-,14-,15+,18-/m0/s1. The summed E-state index contributed by atoms with van der Waals surface area (Å²) in [5.41, 5.74) is 0.837. The van der Waals surface area contributed by atoms with Crippen LogP contribution in [0.4, 0.5) is 5.69 Å². The molecule has 1 heterocycles. The first-order valence-corrected chi connectivity index (χ1v) is 9.47. The van der Waals surface area contributed by atoms with Crippen molar-refractivity contribution in [1.82, 2.24) is 5.32 Å². The van der Waals surface area contributed by atoms with Crippen LogP contribution in [-0.2, 0) is 9.59 Å². The van der Waals surface area contributed by atoms with E-state index in [9.17, 15) is 9.59 Å². The molecule has 0 spiro atoms. The second kappa shape index (κ2) is 6.70. The quantitative estimate of drug-likeness (QED) is 0.895. The van der Waals surface area contributed by atoms with Crippen LogP contribution in [-0.4, -0.2) is 31.0 Å². The van der Waals surface area contributed by atoms with Crippen molar-refractivity contribution in [2.75, 3.05) is 18.1 Å². The predicted molar refractivity (Wildman–Crippen MR) is 95.4 cm³/mol. The van der Waals surface area contributed by atoms with Gasteiger partial charge in [-0.15, -0.1) is 0 Å². The van der Waals surface area contributed by atoms with Crippen molar-refractivity contribution < 1.29 is 14.3 Å². The number of hydrogen-bond donors (Lipinski definition) is 1. The van der Waals surface area contributed by atoms with E-state index < -0.39 is 0 Å². The molecule has 25 heavy (non-hydrogen) atoms. The number of benzene rings is 1. The first-order chi connectivity index (χ1) is 12.1. The highest BCUT2D eigenvalue weighted by atomic mass is 16.5. The van der Waals surface area contributed by atoms with E-state index in [4.69, 9.17) is 4.74 Å². The second-order valence-electron chi connectivity index (χ2n) is 7.62. The van der Waals surface area contributed by atoms with Crippen molar-refractivity contribution in [3.05, 3.63) is 24.3 Å². The fourth-order valence-electron chi connectivity index (χ4n) is 4.74. The first kappa shape index (κ1) is 16.4. The van der Waals surface area contributed by atoms with E-state index in [1.54, 1.807) is 4.90 Å². The zero-order chi connectivity index (χ0) is 17.4. The summed E-state index contributed by atoms with van der Waals surface area (Å²) in [5.74, 6) is 2.10. The van der Waals surface area contributed by atoms with Crippen LogP contribution in [0, 0.1) is 17.8 Å². The monoisotopic (exact) mass is 342 g/mol. The number of carbonyl (C=O) groups is 2. The Morgan fingerprint density at radius 3 is 2.68 bits per heavy atom. The normalized spacial score (nSPS) is 30.8. The number of fused-ring (bicyclic) bond motifs is 2. The molecule has 0 unspecified atom stereocenters. The smallest absolute Gasteiger partial charge is 0.227 e. The molecule has 4 atom stereocenters. The van der Waals surface area contributed by atoms with E-state index in [0.717, 1.165) is 23.8 Å². The highest BCUT2D eigenvalue weighted by Gasteiger charge is 2.42. The Bertz CT molecular complexity index is 657. The van der Waals surface area contributed by atoms with E-state index in [-0.39, 0.29) is 17.7 Å². The molecule has 4 rings (SSSR count). The van der Waals surface area contributed by atoms with Gasteiger partial charge in [0.1, 0.15) is 5.75 Å². The Kier molecular flexibility index (Phi) is 4.40. The topological polar surface area (TPSA) is 58.6 Å². The van der Waals surface area contributed by atoms with Crippen molar-refractivity contribution in [3.8, 4) is 5.75 Å². The minimum absolute atomic E-state index is 0.0252. The lowest BCUT2D eigenvalue weighted by Crippen LogP contribution is -2.42. The number of rotatable bonds is 5. The third-order valence-corrected chi connectivity index (χ3v) is 6.02. The number of hydrogen-bond acceptors (Lipinski definition) is 3. The van der Waals surface area contributed by atoms with Crippen LogP contribution in [0.1, 0.15) is 39.0 Å². The zero-order valence-electron chi connectivity index (χ0n) is 14.7. The molecular formula is C20H26N2O3. The largest absolute Gasteiger partial charge is 0.494 e. The van der Waals surface area contributed by atoms with Crippen LogP contribution in [0.15, 0.2) is 24.3 Å². The molecule has 5 nitrogen and oxygen atoms in total. The number of ether oxygens (including phenoxy) is 1. The van der Waals surface area contributed by atoms with Gasteiger partial charge in [-0.2, -0.15) is 0 Å². The van der Waals surface area contributed by atoms with Gasteiger partial charge in [0.2, 0.25) is 11.8 Å². The average Bonchev–Trinajstić information content (AvgIpc) is 3.31. The van der Waals surface area contributed by atoms with Gasteiger partial charge in [-0.25, -0.2) is 0 Å². The molecule has 3 fully saturated rings. The summed E-state index contributed by atoms with van der Waals surface area (Å²) < 4.78 is 5.44. The number of carbonyl (C=O) groups excluding carboxylic acids is 2. The van der Waals surface area contributed by atoms with E-state index in [1.807, 2.05) is 31.2 Å². The van der Waals surface area contributed by atoms with Gasteiger partial charge >= 0.3 is 0 Å². The molecule has 5 heteroatoms. The molecule has 2 amide bonds. The Morgan fingerprint density at radius 2 is 2.04 bits per heavy atom. The molecule has 134 valence electrons. The van der Waals surface area contributed by atoms with Crippen LogP contribution < -0.4 is 15.0 Å². The maximum Gasteiger partial charge on any atom is 0.227 e. The third kappa shape index (κ3) is 3.24. The van der Waals surface area contributed by atoms with Crippen LogP contribution in [0.3, 0.4) is 0 Å². The number of amides is 2. The van der Waals surface area contributed by atoms with Crippen LogP contribution >= 0.6 is 0 Å². The summed E-state index contributed by atoms with van der Waals surface area (Å²) in [6.45, 7) is 3.03. The third-order valence-electron chi connectivity index (χ3n) is 6.02. The molecule has 2 saturated carbocycles. The summed E-state index contributed by atoms with van der Waals surface area (Å²) in [5, 5.41) is 3.23. The molecule has 1 saturated heterocycles. The summed E-state index contributed by atoms with van der Waals surface area (Å²) in [4.78, 5) is 26.7. The van der Waals surface area contributed by atoms with Crippen molar-refractivity contribution in [1.29, 1.82) is 0 Å². The highest BCUT2D eigenvalue weighted by Crippen LogP contribution is 2.44. The molecule has 1 aromatic rings. The minimum Gasteiger partial charge on any atom is -0.494 e. The van der Waals surface area contributed by atoms with Gasteiger partial charge in [-0.3, -0.25) is 9.59 Å². The molecule has 0 radical (unpaired) electrons. The van der Waals surface area contributed by atoms with Gasteiger partial charge in [-0.05, 0) is 62.3 Å². The van der Waals surface area contributed by atoms with Gasteiger partial charge in [0.25, 0.3) is 0 Å². The van der Waals surface area contributed by atoms with Gasteiger partial charge in [0.15, 0.2) is 0 Å². The second-order valence-corrected chi connectivity index (χ2v) is 7.62. The first-order valence-electron chi connectivity index (χ1n) is 9.47. The number of nitrogens with one attached hydrogen (secondary N) is 1. The lowest BCUT2D eigenvalue weighted by molar-refractivity contribution is -0.127. The van der Waals surface area contributed by atoms with Gasteiger partial charge in [0, 0.05) is 24.7 Å². The summed E-state index contributed by atoms with van der Waals surface area (Å²) in [7, 11) is 0. The van der Waals surface area contributed by atoms with Gasteiger partial charge in [-0.1, -0.05) is 6.42 Å². The molecule has 1 N–H and O–H groups in total. The molecule has 2 bridgehead atoms. The van der Waals surface area contributed by atoms with E-state index in [1.165, 1.54) is 19.3 Å². The van der Waals surface area contributed by atoms with Gasteiger partial charge < -0.3 is 15.0 Å². The van der Waals surface area contributed by atoms with Crippen molar-refractivity contribution in [3.63, 3.8) is 0 Å². The van der Waals surface area contributed by atoms with Crippen LogP contribution in [0.2, 0.25) is 0 Å². The van der Waals surface area contributed by atoms with Crippen LogP contribution in [0.25, 0.3) is 0 Å². The fourth-order valence-corrected chi connectivity index (χ4v) is 4.74. The zero-order valence-corrected chi connectivity index (χ0v) is 14.7. The van der Waals surface area contributed by atoms with Crippen molar-refractivity contribution in [2.24, 2.45) is 17.8 Å². The van der Waals surface area contributed by atoms with Gasteiger partial charge in [0.05, 0.1) is 12.5 Å². The van der Waals surface area contributed by atoms with Crippen molar-refractivity contribution in [2.45, 2.75) is 45.1 Å². The lowest BCUT2D eigenvalue weighted by atomic mass is 9.94. The molecule has 0 aromatic heterocycles. The van der Waals surface area contributed by atoms with E-state index in [2.05, 4.69) is 5.32 Å². The molecular weight excluding hydrogens is 316 g/mol. The predicted octanol–water partition coefficient (Wildman–Crippen LogP) is 2.74. The van der Waals surface area contributed by atoms with E-state index in [0.29, 0.717) is 31.5 Å². The number of nitrogens with zero attached hydrogens (tertiary/aromatic N) is 1. The summed E-state index contributed by atoms with van der Waals surface area (Å²) in [6, 6.07) is 7.85. The summed E-state index contributed by atoms with van der Waals surface area (Å²) in [6.07, 6.45) is 5.27. The minimum atomic E-state index is -0.238. The number of anilines is 1. The Hall–Kier alpha value is -2.04. The summed E-state index contributed by atoms with van der Waals surface area (Å²) >= 11 is 0. The molecule has 1 aromatic carbocycles. The molecule has 1 aliphatic heterocycles. The highest BCUT2D eigenvalue weighted by molar-refractivity contribution is 6.00. The van der Waals surface area contributed by atoms with Crippen LogP contribution in [0.5, 0.6) is 5.75 Å². The SMILES string of the molecule is CCOc1ccc(N2C[C@H](C(=O)N[C@H]3C[C@H]4CC[C@H]3C4)CC2=O)cc1. The fraction of sp³-hybridized carbons (Fsp3) is 0.600. The molecule has 2 aliphatic carbocycles. The average molecular weight is 342 g/mol. The maximum atomic E-state index is 12.6. The lowest BCUT2D eigenvalue weighted by Gasteiger charge is -2.24. The molecule has 3 aliphatic rings. The maximum absolute atomic E-state index is 12.6. The van der Waals surface area contributed by atoms with Crippen molar-refractivity contribution >= 4 is 17.5 Å². The Morgan fingerprint density at radius 1 is 1.24 bits per heavy atom. The van der Waals surface area contributed by atoms with E-state index >= 15 is 0 Å². The Balaban J connectivity index is 1.37.